The molecule has 3 aromatic rings. The summed E-state index contributed by atoms with van der Waals surface area (Å²) in [6, 6.07) is 10.1. The average molecular weight is 335 g/mol. The highest BCUT2D eigenvalue weighted by atomic mass is 127. The fourth-order valence-electron chi connectivity index (χ4n) is 1.86. The van der Waals surface area contributed by atoms with Crippen LogP contribution in [0.5, 0.6) is 0 Å². The molecular weight excluding hydrogens is 319 g/mol. The van der Waals surface area contributed by atoms with Crippen LogP contribution >= 0.6 is 22.6 Å². The second-order valence-corrected chi connectivity index (χ2v) is 4.80. The van der Waals surface area contributed by atoms with E-state index in [1.54, 1.807) is 0 Å². The summed E-state index contributed by atoms with van der Waals surface area (Å²) in [4.78, 5) is 0. The van der Waals surface area contributed by atoms with E-state index in [-0.39, 0.29) is 35.8 Å². The van der Waals surface area contributed by atoms with E-state index in [9.17, 15) is 0 Å². The second-order valence-electron chi connectivity index (χ2n) is 3.64. The Labute approximate surface area is 121 Å². The van der Waals surface area contributed by atoms with E-state index in [4.69, 9.17) is 6.85 Å². The van der Waals surface area contributed by atoms with Gasteiger partial charge in [-0.25, -0.2) is 0 Å². The third kappa shape index (κ3) is 1.95. The lowest BCUT2D eigenvalue weighted by Gasteiger charge is -2.08. The van der Waals surface area contributed by atoms with Crippen LogP contribution < -0.4 is 0 Å². The molecule has 0 heterocycles. The molecule has 0 N–H and O–H groups in total. The molecule has 82 valence electrons. The zero-order chi connectivity index (χ0) is 16.0. The Bertz CT molecular complexity index is 876. The minimum absolute atomic E-state index is 0.169. The Balaban J connectivity index is 2.46. The van der Waals surface area contributed by atoms with Crippen LogP contribution in [0.25, 0.3) is 21.9 Å². The fraction of sp³-hybridized carbons (Fsp3) is 0. The lowest BCUT2D eigenvalue weighted by Crippen LogP contribution is -1.83. The first-order valence-corrected chi connectivity index (χ1v) is 6.26. The molecule has 1 heteroatoms. The summed E-state index contributed by atoms with van der Waals surface area (Å²) >= 11 is 2.23. The molecule has 17 heavy (non-hydrogen) atoms. The third-order valence-electron chi connectivity index (χ3n) is 2.64. The van der Waals surface area contributed by atoms with E-state index in [1.165, 1.54) is 0 Å². The molecule has 0 amide bonds. The third-order valence-corrected chi connectivity index (χ3v) is 3.58. The molecule has 0 unspecified atom stereocenters. The molecule has 3 aromatic carbocycles. The first-order chi connectivity index (χ1) is 10.4. The summed E-state index contributed by atoms with van der Waals surface area (Å²) in [6.45, 7) is 0. The van der Waals surface area contributed by atoms with Gasteiger partial charge in [-0.15, -0.1) is 0 Å². The molecule has 0 bridgehead atoms. The van der Waals surface area contributed by atoms with Crippen LogP contribution in [0.2, 0.25) is 0 Å². The molecule has 0 saturated heterocycles. The van der Waals surface area contributed by atoms with Gasteiger partial charge in [0.2, 0.25) is 0 Å². The molecule has 0 fully saturated rings. The average Bonchev–Trinajstić information content (AvgIpc) is 2.53. The first-order valence-electron chi connectivity index (χ1n) is 7.68. The van der Waals surface area contributed by atoms with Gasteiger partial charge in [0, 0.05) is 3.57 Å². The van der Waals surface area contributed by atoms with Crippen LogP contribution in [-0.4, -0.2) is 0 Å². The van der Waals surface area contributed by atoms with Gasteiger partial charge in [-0.1, -0.05) is 60.5 Å². The minimum Gasteiger partial charge on any atom is -0.0622 e. The van der Waals surface area contributed by atoms with E-state index < -0.39 is 0 Å². The topological polar surface area (TPSA) is 0 Å². The second kappa shape index (κ2) is 4.49. The van der Waals surface area contributed by atoms with Gasteiger partial charge in [-0.05, 0) is 50.6 Å². The lowest BCUT2D eigenvalue weighted by molar-refractivity contribution is 1.64. The van der Waals surface area contributed by atoms with Gasteiger partial charge in [0.25, 0.3) is 0 Å². The van der Waals surface area contributed by atoms with Crippen molar-refractivity contribution in [3.05, 3.63) is 70.2 Å². The molecule has 0 aliphatic rings. The summed E-state index contributed by atoms with van der Waals surface area (Å²) in [6.07, 6.45) is 0. The summed E-state index contributed by atoms with van der Waals surface area (Å²) in [5.41, 5.74) is 0.909. The highest BCUT2D eigenvalue weighted by Gasteiger charge is 2.04. The monoisotopic (exact) mass is 335 g/mol. The summed E-state index contributed by atoms with van der Waals surface area (Å²) < 4.78 is 40.7. The summed E-state index contributed by atoms with van der Waals surface area (Å²) in [5, 5.41) is 1.89. The van der Waals surface area contributed by atoms with Crippen molar-refractivity contribution >= 4 is 33.4 Å². The molecule has 3 rings (SSSR count). The van der Waals surface area contributed by atoms with Gasteiger partial charge >= 0.3 is 0 Å². The van der Waals surface area contributed by atoms with Crippen LogP contribution in [0.15, 0.2) is 66.6 Å². The molecule has 0 aliphatic carbocycles. The maximum atomic E-state index is 8.13. The highest BCUT2D eigenvalue weighted by molar-refractivity contribution is 14.1. The number of hydrogen-bond acceptors (Lipinski definition) is 0. The maximum absolute atomic E-state index is 8.13. The standard InChI is InChI=1S/C16H11I/c17-16-11-10-13(12-6-2-1-3-7-12)14-8-4-5-9-15(14)16/h1-11H/i1D,2D,3D,6D,7D. The van der Waals surface area contributed by atoms with E-state index in [0.717, 1.165) is 14.3 Å². The predicted molar refractivity (Wildman–Crippen MR) is 82.1 cm³/mol. The van der Waals surface area contributed by atoms with E-state index in [2.05, 4.69) is 22.6 Å². The summed E-state index contributed by atoms with van der Waals surface area (Å²) in [5.74, 6) is 0. The van der Waals surface area contributed by atoms with Gasteiger partial charge in [0.05, 0.1) is 6.85 Å². The predicted octanol–water partition coefficient (Wildman–Crippen LogP) is 5.11. The van der Waals surface area contributed by atoms with Crippen molar-refractivity contribution in [2.24, 2.45) is 0 Å². The molecule has 0 saturated carbocycles. The molecule has 0 spiro atoms. The lowest BCUT2D eigenvalue weighted by atomic mass is 9.98. The van der Waals surface area contributed by atoms with Crippen LogP contribution in [0, 0.1) is 3.57 Å². The van der Waals surface area contributed by atoms with Crippen LogP contribution in [0.4, 0.5) is 0 Å². The zero-order valence-electron chi connectivity index (χ0n) is 13.8. The van der Waals surface area contributed by atoms with Crippen LogP contribution in [-0.2, 0) is 0 Å². The molecule has 0 nitrogen and oxygen atoms in total. The van der Waals surface area contributed by atoms with E-state index in [0.29, 0.717) is 5.56 Å². The van der Waals surface area contributed by atoms with Crippen molar-refractivity contribution in [3.8, 4) is 11.1 Å². The number of hydrogen-bond donors (Lipinski definition) is 0. The SMILES string of the molecule is [2H]c1c([2H])c([2H])c(-c2ccc(I)c3ccccc23)c([2H])c1[2H]. The largest absolute Gasteiger partial charge is 0.0629 e. The Hall–Kier alpha value is -1.35. The van der Waals surface area contributed by atoms with Gasteiger partial charge in [-0.3, -0.25) is 0 Å². The van der Waals surface area contributed by atoms with Crippen molar-refractivity contribution in [3.63, 3.8) is 0 Å². The van der Waals surface area contributed by atoms with Crippen molar-refractivity contribution in [2.45, 2.75) is 0 Å². The minimum atomic E-state index is -0.367. The van der Waals surface area contributed by atoms with Crippen LogP contribution in [0.3, 0.4) is 0 Å². The first kappa shape index (κ1) is 6.55. The molecule has 0 radical (unpaired) electrons. The van der Waals surface area contributed by atoms with Crippen molar-refractivity contribution in [1.29, 1.82) is 0 Å². The quantitative estimate of drug-likeness (QED) is 0.542. The molecule has 0 atom stereocenters. The Morgan fingerprint density at radius 1 is 0.824 bits per heavy atom. The number of fused-ring (bicyclic) bond motifs is 1. The number of benzene rings is 3. The molecule has 0 aromatic heterocycles. The van der Waals surface area contributed by atoms with Gasteiger partial charge in [0.15, 0.2) is 0 Å². The van der Waals surface area contributed by atoms with E-state index >= 15 is 0 Å². The van der Waals surface area contributed by atoms with E-state index in [1.807, 2.05) is 36.4 Å². The summed E-state index contributed by atoms with van der Waals surface area (Å²) in [7, 11) is 0. The maximum Gasteiger partial charge on any atom is 0.0629 e. The normalized spacial score (nSPS) is 14.8. The molecular formula is C16H11I. The Morgan fingerprint density at radius 3 is 2.29 bits per heavy atom. The number of rotatable bonds is 1. The van der Waals surface area contributed by atoms with Gasteiger partial charge in [0.1, 0.15) is 0 Å². The van der Waals surface area contributed by atoms with Crippen molar-refractivity contribution < 1.29 is 6.85 Å². The fourth-order valence-corrected chi connectivity index (χ4v) is 2.52. The van der Waals surface area contributed by atoms with Crippen LogP contribution in [0.1, 0.15) is 6.85 Å². The Morgan fingerprint density at radius 2 is 1.53 bits per heavy atom. The zero-order valence-corrected chi connectivity index (χ0v) is 11.0. The Kier molecular flexibility index (Phi) is 1.73. The smallest absolute Gasteiger partial charge is 0.0622 e. The highest BCUT2D eigenvalue weighted by Crippen LogP contribution is 2.31. The molecule has 0 aliphatic heterocycles. The van der Waals surface area contributed by atoms with Gasteiger partial charge < -0.3 is 0 Å². The number of halogens is 1. The van der Waals surface area contributed by atoms with Gasteiger partial charge in [-0.2, -0.15) is 0 Å². The van der Waals surface area contributed by atoms with Crippen molar-refractivity contribution in [1.82, 2.24) is 0 Å². The van der Waals surface area contributed by atoms with Crippen molar-refractivity contribution in [2.75, 3.05) is 0 Å².